The number of hydrogen-bond donors (Lipinski definition) is 1. The number of allylic oxidation sites excluding steroid dienone is 2. The zero-order chi connectivity index (χ0) is 21.8. The van der Waals surface area contributed by atoms with Gasteiger partial charge in [-0.25, -0.2) is 4.79 Å². The number of carboxylic acid groups (broad SMARTS) is 1. The Kier molecular flexibility index (Phi) is 6.01. The molecule has 0 spiro atoms. The molecule has 0 unspecified atom stereocenters. The number of carboxylic acids is 1. The minimum Gasteiger partial charge on any atom is -0.490 e. The molecule has 0 bridgehead atoms. The highest BCUT2D eigenvalue weighted by atomic mass is 16.5. The molecule has 1 aliphatic rings. The van der Waals surface area contributed by atoms with Gasteiger partial charge in [-0.2, -0.15) is 0 Å². The molecule has 0 aromatic heterocycles. The number of carbonyl (C=O) groups excluding carboxylic acids is 2. The fourth-order valence-corrected chi connectivity index (χ4v) is 3.22. The highest BCUT2D eigenvalue weighted by Crippen LogP contribution is 2.35. The quantitative estimate of drug-likeness (QED) is 0.702. The molecule has 0 amide bonds. The Morgan fingerprint density at radius 1 is 0.967 bits per heavy atom. The fraction of sp³-hybridized carbons (Fsp3) is 0.174. The lowest BCUT2D eigenvalue weighted by atomic mass is 9.89. The first kappa shape index (κ1) is 20.9. The highest BCUT2D eigenvalue weighted by molar-refractivity contribution is 6.37. The summed E-state index contributed by atoms with van der Waals surface area (Å²) in [5.74, 6) is -2.88. The van der Waals surface area contributed by atoms with Crippen LogP contribution in [-0.4, -0.2) is 36.9 Å². The standard InChI is InChI=1S/C23H20O7/c1-13-9-10-15(16-11-17(24)21(28-2)22(29-3)19(16)25)18(23(26)27)20(13)30-12-14-7-5-4-6-8-14/h4-11H,12H2,1-3H3,(H,26,27). The second-order valence-corrected chi connectivity index (χ2v) is 6.53. The van der Waals surface area contributed by atoms with E-state index in [9.17, 15) is 19.5 Å². The van der Waals surface area contributed by atoms with Gasteiger partial charge in [-0.3, -0.25) is 9.59 Å². The van der Waals surface area contributed by atoms with Crippen molar-refractivity contribution in [2.75, 3.05) is 14.2 Å². The number of rotatable bonds is 7. The number of aromatic carboxylic acids is 1. The average molecular weight is 408 g/mol. The predicted molar refractivity (Wildman–Crippen MR) is 108 cm³/mol. The van der Waals surface area contributed by atoms with E-state index in [0.29, 0.717) is 5.56 Å². The van der Waals surface area contributed by atoms with E-state index in [2.05, 4.69) is 0 Å². The van der Waals surface area contributed by atoms with E-state index in [1.54, 1.807) is 13.0 Å². The largest absolute Gasteiger partial charge is 0.490 e. The van der Waals surface area contributed by atoms with Crippen LogP contribution in [0.1, 0.15) is 27.0 Å². The maximum atomic E-state index is 12.9. The van der Waals surface area contributed by atoms with Gasteiger partial charge in [0.15, 0.2) is 0 Å². The molecule has 30 heavy (non-hydrogen) atoms. The summed E-state index contributed by atoms with van der Waals surface area (Å²) in [6, 6.07) is 12.4. The van der Waals surface area contributed by atoms with Crippen molar-refractivity contribution < 1.29 is 33.7 Å². The molecule has 2 aromatic carbocycles. The molecule has 7 heteroatoms. The maximum absolute atomic E-state index is 12.9. The summed E-state index contributed by atoms with van der Waals surface area (Å²) in [7, 11) is 2.49. The van der Waals surface area contributed by atoms with Crippen LogP contribution in [0, 0.1) is 6.92 Å². The number of hydrogen-bond acceptors (Lipinski definition) is 6. The number of aryl methyl sites for hydroxylation is 1. The molecule has 0 radical (unpaired) electrons. The van der Waals surface area contributed by atoms with E-state index in [1.165, 1.54) is 20.3 Å². The minimum atomic E-state index is -1.28. The van der Waals surface area contributed by atoms with Crippen molar-refractivity contribution >= 4 is 23.1 Å². The number of Topliss-reactive ketones (excluding diaryl/α,β-unsaturated/α-hetero) is 1. The second kappa shape index (κ2) is 8.65. The van der Waals surface area contributed by atoms with E-state index < -0.39 is 17.5 Å². The lowest BCUT2D eigenvalue weighted by Crippen LogP contribution is -2.22. The second-order valence-electron chi connectivity index (χ2n) is 6.53. The van der Waals surface area contributed by atoms with Crippen LogP contribution in [0.4, 0.5) is 0 Å². The number of carbonyl (C=O) groups is 3. The van der Waals surface area contributed by atoms with Crippen LogP contribution < -0.4 is 4.74 Å². The fourth-order valence-electron chi connectivity index (χ4n) is 3.22. The van der Waals surface area contributed by atoms with Gasteiger partial charge in [0.2, 0.25) is 23.1 Å². The summed E-state index contributed by atoms with van der Waals surface area (Å²) in [6.45, 7) is 1.86. The van der Waals surface area contributed by atoms with Crippen molar-refractivity contribution in [3.05, 3.63) is 82.3 Å². The van der Waals surface area contributed by atoms with Crippen LogP contribution in [0.25, 0.3) is 5.57 Å². The van der Waals surface area contributed by atoms with E-state index in [4.69, 9.17) is 14.2 Å². The zero-order valence-electron chi connectivity index (χ0n) is 16.7. The Hall–Kier alpha value is -3.87. The third-order valence-electron chi connectivity index (χ3n) is 4.65. The van der Waals surface area contributed by atoms with Crippen LogP contribution >= 0.6 is 0 Å². The average Bonchev–Trinajstić information content (AvgIpc) is 2.74. The van der Waals surface area contributed by atoms with Crippen molar-refractivity contribution in [3.63, 3.8) is 0 Å². The molecule has 3 rings (SSSR count). The summed E-state index contributed by atoms with van der Waals surface area (Å²) in [5, 5.41) is 9.90. The van der Waals surface area contributed by atoms with Crippen LogP contribution in [0.2, 0.25) is 0 Å². The van der Waals surface area contributed by atoms with E-state index in [-0.39, 0.29) is 40.6 Å². The van der Waals surface area contributed by atoms with Gasteiger partial charge in [0.25, 0.3) is 0 Å². The number of methoxy groups -OCH3 is 2. The van der Waals surface area contributed by atoms with E-state index >= 15 is 0 Å². The smallest absolute Gasteiger partial charge is 0.340 e. The molecule has 154 valence electrons. The Bertz CT molecular complexity index is 1080. The molecule has 0 fully saturated rings. The number of benzene rings is 2. The van der Waals surface area contributed by atoms with Crippen molar-refractivity contribution in [1.29, 1.82) is 0 Å². The normalized spacial score (nSPS) is 13.8. The van der Waals surface area contributed by atoms with E-state index in [0.717, 1.165) is 11.6 Å². The summed E-state index contributed by atoms with van der Waals surface area (Å²) < 4.78 is 15.9. The molecule has 1 aliphatic carbocycles. The van der Waals surface area contributed by atoms with Crippen LogP contribution in [0.3, 0.4) is 0 Å². The number of ether oxygens (including phenoxy) is 3. The number of ketones is 2. The van der Waals surface area contributed by atoms with Gasteiger partial charge in [-0.15, -0.1) is 0 Å². The minimum absolute atomic E-state index is 0.0687. The summed E-state index contributed by atoms with van der Waals surface area (Å²) >= 11 is 0. The third-order valence-corrected chi connectivity index (χ3v) is 4.65. The van der Waals surface area contributed by atoms with Crippen molar-refractivity contribution in [2.45, 2.75) is 13.5 Å². The van der Waals surface area contributed by atoms with Crippen molar-refractivity contribution in [3.8, 4) is 5.75 Å². The lowest BCUT2D eigenvalue weighted by molar-refractivity contribution is -0.119. The van der Waals surface area contributed by atoms with Gasteiger partial charge < -0.3 is 19.3 Å². The Labute approximate surface area is 173 Å². The highest BCUT2D eigenvalue weighted by Gasteiger charge is 2.34. The molecule has 7 nitrogen and oxygen atoms in total. The van der Waals surface area contributed by atoms with Crippen LogP contribution in [-0.2, 0) is 25.7 Å². The maximum Gasteiger partial charge on any atom is 0.340 e. The van der Waals surface area contributed by atoms with Gasteiger partial charge in [0.1, 0.15) is 17.9 Å². The van der Waals surface area contributed by atoms with Crippen molar-refractivity contribution in [2.24, 2.45) is 0 Å². The first-order valence-electron chi connectivity index (χ1n) is 9.06. The summed E-state index contributed by atoms with van der Waals surface area (Å²) in [5.41, 5.74) is 1.21. The topological polar surface area (TPSA) is 99.1 Å². The molecule has 0 atom stereocenters. The Morgan fingerprint density at radius 2 is 1.63 bits per heavy atom. The molecule has 1 N–H and O–H groups in total. The van der Waals surface area contributed by atoms with E-state index in [1.807, 2.05) is 30.3 Å². The Morgan fingerprint density at radius 3 is 2.23 bits per heavy atom. The van der Waals surface area contributed by atoms with Gasteiger partial charge in [0.05, 0.1) is 14.2 Å². The molecule has 0 aliphatic heterocycles. The Balaban J connectivity index is 2.09. The lowest BCUT2D eigenvalue weighted by Gasteiger charge is -2.20. The predicted octanol–water partition coefficient (Wildman–Crippen LogP) is 3.31. The van der Waals surface area contributed by atoms with Gasteiger partial charge in [-0.1, -0.05) is 42.5 Å². The monoisotopic (exact) mass is 408 g/mol. The third kappa shape index (κ3) is 3.82. The van der Waals surface area contributed by atoms with Gasteiger partial charge >= 0.3 is 5.97 Å². The SMILES string of the molecule is COC1=C(OC)C(=O)C(c2ccc(C)c(OCc3ccccc3)c2C(=O)O)=CC1=O. The molecule has 0 saturated carbocycles. The van der Waals surface area contributed by atoms with Crippen LogP contribution in [0.5, 0.6) is 5.75 Å². The zero-order valence-corrected chi connectivity index (χ0v) is 16.7. The molecular weight excluding hydrogens is 388 g/mol. The molecule has 0 heterocycles. The summed E-state index contributed by atoms with van der Waals surface area (Å²) in [6.07, 6.45) is 1.06. The molecular formula is C23H20O7. The van der Waals surface area contributed by atoms with Crippen molar-refractivity contribution in [1.82, 2.24) is 0 Å². The van der Waals surface area contributed by atoms with Gasteiger partial charge in [0, 0.05) is 17.2 Å². The van der Waals surface area contributed by atoms with Gasteiger partial charge in [-0.05, 0) is 18.1 Å². The first-order valence-corrected chi connectivity index (χ1v) is 9.06. The molecule has 2 aromatic rings. The first-order chi connectivity index (χ1) is 14.4. The molecule has 0 saturated heterocycles. The van der Waals surface area contributed by atoms with Crippen LogP contribution in [0.15, 0.2) is 60.1 Å². The summed E-state index contributed by atoms with van der Waals surface area (Å²) in [4.78, 5) is 37.4.